The van der Waals surface area contributed by atoms with Gasteiger partial charge in [-0.15, -0.1) is 17.9 Å². The van der Waals surface area contributed by atoms with Crippen molar-refractivity contribution in [2.45, 2.75) is 16.2 Å². The van der Waals surface area contributed by atoms with Crippen molar-refractivity contribution < 1.29 is 18.3 Å². The molecule has 1 aliphatic rings. The van der Waals surface area contributed by atoms with Gasteiger partial charge in [-0.1, -0.05) is 29.8 Å². The van der Waals surface area contributed by atoms with Crippen LogP contribution >= 0.6 is 22.9 Å². The Labute approximate surface area is 148 Å². The molecule has 126 valence electrons. The van der Waals surface area contributed by atoms with Crippen molar-refractivity contribution in [1.82, 2.24) is 4.72 Å². The van der Waals surface area contributed by atoms with Gasteiger partial charge < -0.3 is 5.11 Å². The second kappa shape index (κ2) is 6.00. The number of hydrogen-bond donors (Lipinski definition) is 2. The van der Waals surface area contributed by atoms with Crippen LogP contribution in [0.3, 0.4) is 0 Å². The minimum Gasteiger partial charge on any atom is -0.480 e. The van der Waals surface area contributed by atoms with Gasteiger partial charge in [0.05, 0.1) is 0 Å². The van der Waals surface area contributed by atoms with Crippen molar-refractivity contribution >= 4 is 38.9 Å². The van der Waals surface area contributed by atoms with E-state index in [4.69, 9.17) is 11.6 Å². The van der Waals surface area contributed by atoms with Crippen LogP contribution in [-0.4, -0.2) is 25.0 Å². The molecule has 1 saturated carbocycles. The predicted molar refractivity (Wildman–Crippen MR) is 93.8 cm³/mol. The average molecular weight is 384 g/mol. The summed E-state index contributed by atoms with van der Waals surface area (Å²) in [5.74, 6) is -1.59. The Balaban J connectivity index is 1.87. The minimum absolute atomic E-state index is 0.0720. The van der Waals surface area contributed by atoms with Crippen molar-refractivity contribution in [3.63, 3.8) is 0 Å². The van der Waals surface area contributed by atoms with Crippen molar-refractivity contribution in [3.8, 4) is 10.4 Å². The summed E-state index contributed by atoms with van der Waals surface area (Å²) in [5.41, 5.74) is -0.639. The van der Waals surface area contributed by atoms with E-state index in [1.54, 1.807) is 30.3 Å². The molecule has 0 saturated heterocycles. The number of carbonyl (C=O) groups is 1. The number of nitrogens with one attached hydrogen (secondary N) is 1. The first-order valence-corrected chi connectivity index (χ1v) is 9.72. The van der Waals surface area contributed by atoms with Crippen molar-refractivity contribution in [1.29, 1.82) is 0 Å². The molecule has 2 atom stereocenters. The molecule has 0 amide bonds. The maximum atomic E-state index is 12.5. The first kappa shape index (κ1) is 17.2. The largest absolute Gasteiger partial charge is 0.480 e. The Bertz CT molecular complexity index is 904. The molecule has 2 aromatic rings. The van der Waals surface area contributed by atoms with Gasteiger partial charge in [0.15, 0.2) is 0 Å². The van der Waals surface area contributed by atoms with E-state index in [0.29, 0.717) is 5.02 Å². The summed E-state index contributed by atoms with van der Waals surface area (Å²) in [4.78, 5) is 12.2. The third-order valence-corrected chi connectivity index (χ3v) is 7.36. The second-order valence-corrected chi connectivity index (χ2v) is 8.98. The third-order valence-electron chi connectivity index (χ3n) is 3.97. The van der Waals surface area contributed by atoms with E-state index >= 15 is 0 Å². The second-order valence-electron chi connectivity index (χ2n) is 5.55. The van der Waals surface area contributed by atoms with Gasteiger partial charge in [-0.25, -0.2) is 8.42 Å². The first-order chi connectivity index (χ1) is 11.3. The van der Waals surface area contributed by atoms with E-state index in [1.807, 2.05) is 0 Å². The molecule has 5 nitrogen and oxygen atoms in total. The highest BCUT2D eigenvalue weighted by Gasteiger charge is 2.61. The van der Waals surface area contributed by atoms with Crippen LogP contribution in [0.15, 0.2) is 53.3 Å². The topological polar surface area (TPSA) is 83.5 Å². The lowest BCUT2D eigenvalue weighted by Crippen LogP contribution is -2.44. The molecule has 0 bridgehead atoms. The normalized spacial score (nSPS) is 23.0. The average Bonchev–Trinajstić information content (AvgIpc) is 3.01. The molecule has 1 aliphatic carbocycles. The van der Waals surface area contributed by atoms with Gasteiger partial charge in [0.1, 0.15) is 9.75 Å². The fourth-order valence-electron chi connectivity index (χ4n) is 2.50. The van der Waals surface area contributed by atoms with Gasteiger partial charge in [-0.3, -0.25) is 4.79 Å². The zero-order chi connectivity index (χ0) is 17.5. The Morgan fingerprint density at radius 3 is 2.54 bits per heavy atom. The third kappa shape index (κ3) is 3.00. The minimum atomic E-state index is -3.92. The van der Waals surface area contributed by atoms with E-state index in [1.165, 1.54) is 12.1 Å². The van der Waals surface area contributed by atoms with Crippen LogP contribution in [0.5, 0.6) is 0 Å². The summed E-state index contributed by atoms with van der Waals surface area (Å²) in [7, 11) is -3.92. The van der Waals surface area contributed by atoms with Crippen molar-refractivity contribution in [2.24, 2.45) is 5.92 Å². The molecule has 3 rings (SSSR count). The summed E-state index contributed by atoms with van der Waals surface area (Å²) in [6, 6.07) is 10.2. The van der Waals surface area contributed by atoms with Crippen LogP contribution in [-0.2, 0) is 14.8 Å². The number of carboxylic acid groups (broad SMARTS) is 1. The molecule has 2 N–H and O–H groups in total. The smallest absolute Gasteiger partial charge is 0.325 e. The number of rotatable bonds is 6. The number of hydrogen-bond acceptors (Lipinski definition) is 4. The Morgan fingerprint density at radius 2 is 2.00 bits per heavy atom. The first-order valence-electron chi connectivity index (χ1n) is 7.04. The fourth-order valence-corrected chi connectivity index (χ4v) is 5.35. The molecule has 0 radical (unpaired) electrons. The molecule has 1 aromatic heterocycles. The van der Waals surface area contributed by atoms with Crippen LogP contribution in [0.25, 0.3) is 10.4 Å². The Hall–Kier alpha value is -1.67. The van der Waals surface area contributed by atoms with Crippen molar-refractivity contribution in [2.75, 3.05) is 0 Å². The van der Waals surface area contributed by atoms with E-state index < -0.39 is 27.4 Å². The van der Waals surface area contributed by atoms with Crippen molar-refractivity contribution in [3.05, 3.63) is 54.1 Å². The van der Waals surface area contributed by atoms with Gasteiger partial charge >= 0.3 is 5.97 Å². The summed E-state index contributed by atoms with van der Waals surface area (Å²) in [6.45, 7) is 3.55. The number of benzene rings is 1. The van der Waals surface area contributed by atoms with Crippen LogP contribution < -0.4 is 4.72 Å². The Morgan fingerprint density at radius 1 is 1.33 bits per heavy atom. The summed E-state index contributed by atoms with van der Waals surface area (Å²) < 4.78 is 27.5. The number of aliphatic carboxylic acids is 1. The van der Waals surface area contributed by atoms with Gasteiger partial charge in [0.25, 0.3) is 10.0 Å². The molecule has 1 aromatic carbocycles. The van der Waals surface area contributed by atoms with Gasteiger partial charge in [0, 0.05) is 15.8 Å². The zero-order valence-corrected chi connectivity index (χ0v) is 14.8. The van der Waals surface area contributed by atoms with Crippen LogP contribution in [0.4, 0.5) is 0 Å². The number of sulfonamides is 1. The summed E-state index contributed by atoms with van der Waals surface area (Å²) >= 11 is 6.92. The van der Waals surface area contributed by atoms with E-state index in [9.17, 15) is 18.3 Å². The highest BCUT2D eigenvalue weighted by Crippen LogP contribution is 2.46. The summed E-state index contributed by atoms with van der Waals surface area (Å²) in [6.07, 6.45) is 1.67. The van der Waals surface area contributed by atoms with Gasteiger partial charge in [-0.2, -0.15) is 4.72 Å². The molecule has 0 spiro atoms. The monoisotopic (exact) mass is 383 g/mol. The molecular formula is C16H14ClNO4S2. The van der Waals surface area contributed by atoms with Crippen LogP contribution in [0.2, 0.25) is 5.02 Å². The highest BCUT2D eigenvalue weighted by atomic mass is 35.5. The summed E-state index contributed by atoms with van der Waals surface area (Å²) in [5, 5.41) is 9.94. The van der Waals surface area contributed by atoms with Crippen LogP contribution in [0.1, 0.15) is 6.42 Å². The Kier molecular flexibility index (Phi) is 4.29. The van der Waals surface area contributed by atoms with E-state index in [2.05, 4.69) is 11.3 Å². The zero-order valence-electron chi connectivity index (χ0n) is 12.4. The molecule has 1 heterocycles. The van der Waals surface area contributed by atoms with E-state index in [0.717, 1.165) is 21.8 Å². The molecule has 1 fully saturated rings. The van der Waals surface area contributed by atoms with Gasteiger partial charge in [0.2, 0.25) is 0 Å². The molecular weight excluding hydrogens is 370 g/mol. The number of carboxylic acids is 1. The molecule has 0 aliphatic heterocycles. The molecule has 24 heavy (non-hydrogen) atoms. The lowest BCUT2D eigenvalue weighted by atomic mass is 10.2. The SMILES string of the molecule is C=CC1CC1(NS(=O)(=O)c1ccc(-c2ccc(Cl)cc2)s1)C(=O)O. The number of thiophene rings is 1. The standard InChI is InChI=1S/C16H14ClNO4S2/c1-2-11-9-16(11,15(19)20)18-24(21,22)14-8-7-13(23-14)10-3-5-12(17)6-4-10/h2-8,11,18H,1,9H2,(H,19,20). The number of halogens is 1. The van der Waals surface area contributed by atoms with E-state index in [-0.39, 0.29) is 10.6 Å². The highest BCUT2D eigenvalue weighted by molar-refractivity contribution is 7.91. The maximum absolute atomic E-state index is 12.5. The molecule has 2 unspecified atom stereocenters. The van der Waals surface area contributed by atoms with Gasteiger partial charge in [-0.05, 0) is 36.2 Å². The lowest BCUT2D eigenvalue weighted by molar-refractivity contribution is -0.140. The fraction of sp³-hybridized carbons (Fsp3) is 0.188. The predicted octanol–water partition coefficient (Wildman–Crippen LogP) is 3.38. The quantitative estimate of drug-likeness (QED) is 0.749. The molecule has 8 heteroatoms. The maximum Gasteiger partial charge on any atom is 0.325 e. The lowest BCUT2D eigenvalue weighted by Gasteiger charge is -2.13. The van der Waals surface area contributed by atoms with Crippen LogP contribution in [0, 0.1) is 5.92 Å².